The summed E-state index contributed by atoms with van der Waals surface area (Å²) in [6, 6.07) is 8.38. The summed E-state index contributed by atoms with van der Waals surface area (Å²) in [6.07, 6.45) is 1.71. The Morgan fingerprint density at radius 3 is 2.65 bits per heavy atom. The molecule has 0 saturated carbocycles. The van der Waals surface area contributed by atoms with Crippen molar-refractivity contribution in [3.05, 3.63) is 52.2 Å². The van der Waals surface area contributed by atoms with E-state index in [-0.39, 0.29) is 5.56 Å². The maximum Gasteiger partial charge on any atom is 0.335 e. The van der Waals surface area contributed by atoms with Gasteiger partial charge < -0.3 is 5.11 Å². The van der Waals surface area contributed by atoms with Crippen molar-refractivity contribution in [1.29, 1.82) is 0 Å². The van der Waals surface area contributed by atoms with E-state index in [1.165, 1.54) is 12.1 Å². The lowest BCUT2D eigenvalue weighted by molar-refractivity contribution is 0.0697. The summed E-state index contributed by atoms with van der Waals surface area (Å²) < 4.78 is 0. The number of hydrogen-bond acceptors (Lipinski definition) is 4. The molecule has 0 radical (unpaired) electrons. The lowest BCUT2D eigenvalue weighted by Crippen LogP contribution is -1.96. The molecular formula is C12H10N2O2S. The van der Waals surface area contributed by atoms with Gasteiger partial charge in [-0.25, -0.2) is 4.79 Å². The predicted molar refractivity (Wildman–Crippen MR) is 68.9 cm³/mol. The Hall–Kier alpha value is -2.14. The normalized spacial score (nSPS) is 10.6. The molecule has 2 rings (SSSR count). The highest BCUT2D eigenvalue weighted by Gasteiger charge is 2.00. The number of thiophene rings is 1. The molecule has 4 nitrogen and oxygen atoms in total. The SMILES string of the molecule is O=C(O)c1ccc(N/N=C/c2ccsc2)cc1. The quantitative estimate of drug-likeness (QED) is 0.644. The average Bonchev–Trinajstić information content (AvgIpc) is 2.83. The maximum absolute atomic E-state index is 10.6. The number of hydrogen-bond donors (Lipinski definition) is 2. The second-order valence-corrected chi connectivity index (χ2v) is 4.09. The van der Waals surface area contributed by atoms with Crippen LogP contribution in [0.15, 0.2) is 46.2 Å². The van der Waals surface area contributed by atoms with Gasteiger partial charge in [-0.2, -0.15) is 16.4 Å². The number of carboxylic acid groups (broad SMARTS) is 1. The molecule has 0 saturated heterocycles. The summed E-state index contributed by atoms with van der Waals surface area (Å²) >= 11 is 1.61. The number of rotatable bonds is 4. The van der Waals surface area contributed by atoms with Gasteiger partial charge in [0, 0.05) is 5.56 Å². The van der Waals surface area contributed by atoms with E-state index in [1.54, 1.807) is 29.7 Å². The number of hydrazone groups is 1. The first-order valence-corrected chi connectivity index (χ1v) is 5.84. The van der Waals surface area contributed by atoms with Crippen molar-refractivity contribution in [3.8, 4) is 0 Å². The molecule has 17 heavy (non-hydrogen) atoms. The van der Waals surface area contributed by atoms with Gasteiger partial charge in [0.15, 0.2) is 0 Å². The van der Waals surface area contributed by atoms with Crippen LogP contribution >= 0.6 is 11.3 Å². The molecule has 2 N–H and O–H groups in total. The maximum atomic E-state index is 10.6. The molecule has 0 aliphatic carbocycles. The first kappa shape index (κ1) is 11.3. The van der Waals surface area contributed by atoms with Gasteiger partial charge in [0.2, 0.25) is 0 Å². The summed E-state index contributed by atoms with van der Waals surface area (Å²) in [7, 11) is 0. The van der Waals surface area contributed by atoms with E-state index in [0.717, 1.165) is 11.3 Å². The van der Waals surface area contributed by atoms with Crippen LogP contribution in [0.25, 0.3) is 0 Å². The second-order valence-electron chi connectivity index (χ2n) is 3.31. The fourth-order valence-electron chi connectivity index (χ4n) is 1.22. The lowest BCUT2D eigenvalue weighted by Gasteiger charge is -1.99. The zero-order chi connectivity index (χ0) is 12.1. The van der Waals surface area contributed by atoms with Crippen molar-refractivity contribution in [3.63, 3.8) is 0 Å². The molecular weight excluding hydrogens is 236 g/mol. The minimum Gasteiger partial charge on any atom is -0.478 e. The standard InChI is InChI=1S/C12H10N2O2S/c15-12(16)10-1-3-11(4-2-10)14-13-7-9-5-6-17-8-9/h1-8,14H,(H,15,16)/b13-7+. The van der Waals surface area contributed by atoms with E-state index >= 15 is 0 Å². The van der Waals surface area contributed by atoms with E-state index in [1.807, 2.05) is 16.8 Å². The van der Waals surface area contributed by atoms with E-state index in [0.29, 0.717) is 0 Å². The number of carbonyl (C=O) groups is 1. The number of aromatic carboxylic acids is 1. The minimum absolute atomic E-state index is 0.261. The molecule has 0 aliphatic heterocycles. The zero-order valence-electron chi connectivity index (χ0n) is 8.83. The molecule has 1 aromatic heterocycles. The fourth-order valence-corrected chi connectivity index (χ4v) is 1.83. The Labute approximate surface area is 102 Å². The Morgan fingerprint density at radius 1 is 1.29 bits per heavy atom. The summed E-state index contributed by atoms with van der Waals surface area (Å²) in [4.78, 5) is 10.6. The summed E-state index contributed by atoms with van der Waals surface area (Å²) in [6.45, 7) is 0. The van der Waals surface area contributed by atoms with Crippen molar-refractivity contribution in [1.82, 2.24) is 0 Å². The van der Waals surface area contributed by atoms with Crippen LogP contribution in [0.4, 0.5) is 5.69 Å². The van der Waals surface area contributed by atoms with Crippen LogP contribution in [0.2, 0.25) is 0 Å². The van der Waals surface area contributed by atoms with Gasteiger partial charge in [0.05, 0.1) is 17.5 Å². The van der Waals surface area contributed by atoms with Gasteiger partial charge in [0.25, 0.3) is 0 Å². The smallest absolute Gasteiger partial charge is 0.335 e. The van der Waals surface area contributed by atoms with Crippen LogP contribution in [0, 0.1) is 0 Å². The Kier molecular flexibility index (Phi) is 3.52. The third-order valence-electron chi connectivity index (χ3n) is 2.08. The van der Waals surface area contributed by atoms with Crippen molar-refractivity contribution >= 4 is 29.2 Å². The topological polar surface area (TPSA) is 61.7 Å². The lowest BCUT2D eigenvalue weighted by atomic mass is 10.2. The molecule has 2 aromatic rings. The Bertz CT molecular complexity index is 518. The number of benzene rings is 1. The van der Waals surface area contributed by atoms with Gasteiger partial charge in [-0.3, -0.25) is 5.43 Å². The van der Waals surface area contributed by atoms with Crippen LogP contribution in [-0.4, -0.2) is 17.3 Å². The Morgan fingerprint density at radius 2 is 2.06 bits per heavy atom. The van der Waals surface area contributed by atoms with Crippen LogP contribution in [0.5, 0.6) is 0 Å². The van der Waals surface area contributed by atoms with Gasteiger partial charge in [-0.15, -0.1) is 0 Å². The van der Waals surface area contributed by atoms with Crippen molar-refractivity contribution in [2.45, 2.75) is 0 Å². The van der Waals surface area contributed by atoms with Gasteiger partial charge in [-0.05, 0) is 41.1 Å². The number of anilines is 1. The summed E-state index contributed by atoms with van der Waals surface area (Å²) in [5.41, 5.74) is 4.88. The first-order valence-electron chi connectivity index (χ1n) is 4.90. The molecule has 1 heterocycles. The van der Waals surface area contributed by atoms with E-state index in [4.69, 9.17) is 5.11 Å². The molecule has 0 aliphatic rings. The fraction of sp³-hybridized carbons (Fsp3) is 0. The third kappa shape index (κ3) is 3.15. The van der Waals surface area contributed by atoms with Crippen molar-refractivity contribution in [2.24, 2.45) is 5.10 Å². The second kappa shape index (κ2) is 5.27. The highest BCUT2D eigenvalue weighted by atomic mass is 32.1. The number of nitrogens with zero attached hydrogens (tertiary/aromatic N) is 1. The van der Waals surface area contributed by atoms with Crippen LogP contribution < -0.4 is 5.43 Å². The highest BCUT2D eigenvalue weighted by molar-refractivity contribution is 7.08. The van der Waals surface area contributed by atoms with Crippen LogP contribution in [0.1, 0.15) is 15.9 Å². The molecule has 0 fully saturated rings. The molecule has 0 unspecified atom stereocenters. The van der Waals surface area contributed by atoms with Crippen LogP contribution in [0.3, 0.4) is 0 Å². The monoisotopic (exact) mass is 246 g/mol. The van der Waals surface area contributed by atoms with Crippen LogP contribution in [-0.2, 0) is 0 Å². The zero-order valence-corrected chi connectivity index (χ0v) is 9.65. The van der Waals surface area contributed by atoms with E-state index < -0.39 is 5.97 Å². The average molecular weight is 246 g/mol. The minimum atomic E-state index is -0.932. The molecule has 0 bridgehead atoms. The molecule has 0 amide bonds. The summed E-state index contributed by atoms with van der Waals surface area (Å²) in [5.74, 6) is -0.932. The summed E-state index contributed by atoms with van der Waals surface area (Å²) in [5, 5.41) is 16.7. The van der Waals surface area contributed by atoms with Gasteiger partial charge in [-0.1, -0.05) is 0 Å². The van der Waals surface area contributed by atoms with Gasteiger partial charge in [0.1, 0.15) is 0 Å². The molecule has 5 heteroatoms. The molecule has 0 atom stereocenters. The Balaban J connectivity index is 1.97. The number of carboxylic acids is 1. The molecule has 1 aromatic carbocycles. The molecule has 0 spiro atoms. The predicted octanol–water partition coefficient (Wildman–Crippen LogP) is 2.89. The van der Waals surface area contributed by atoms with Crippen molar-refractivity contribution in [2.75, 3.05) is 5.43 Å². The third-order valence-corrected chi connectivity index (χ3v) is 2.78. The van der Waals surface area contributed by atoms with E-state index in [9.17, 15) is 4.79 Å². The number of nitrogens with one attached hydrogen (secondary N) is 1. The van der Waals surface area contributed by atoms with Gasteiger partial charge >= 0.3 is 5.97 Å². The molecule has 86 valence electrons. The first-order chi connectivity index (χ1) is 8.25. The van der Waals surface area contributed by atoms with E-state index in [2.05, 4.69) is 10.5 Å². The highest BCUT2D eigenvalue weighted by Crippen LogP contribution is 2.09. The van der Waals surface area contributed by atoms with Crippen molar-refractivity contribution < 1.29 is 9.90 Å². The largest absolute Gasteiger partial charge is 0.478 e.